The summed E-state index contributed by atoms with van der Waals surface area (Å²) in [6.07, 6.45) is 0. The second kappa shape index (κ2) is 13.6. The van der Waals surface area contributed by atoms with E-state index >= 15 is 0 Å². The summed E-state index contributed by atoms with van der Waals surface area (Å²) in [7, 11) is 1.84. The Balaban J connectivity index is 0.00000338. The average Bonchev–Trinajstić information content (AvgIpc) is 2.68. The highest BCUT2D eigenvalue weighted by molar-refractivity contribution is 14.0. The van der Waals surface area contributed by atoms with Gasteiger partial charge in [0, 0.05) is 63.0 Å². The minimum Gasteiger partial charge on any atom is -0.356 e. The molecule has 0 aromatic heterocycles. The lowest BCUT2D eigenvalue weighted by Crippen LogP contribution is -2.53. The van der Waals surface area contributed by atoms with Gasteiger partial charge in [0.25, 0.3) is 0 Å². The van der Waals surface area contributed by atoms with Crippen molar-refractivity contribution in [3.63, 3.8) is 0 Å². The molecule has 1 saturated heterocycles. The van der Waals surface area contributed by atoms with Crippen LogP contribution in [-0.2, 0) is 0 Å². The monoisotopic (exact) mass is 491 g/mol. The van der Waals surface area contributed by atoms with E-state index in [4.69, 9.17) is 0 Å². The topological polar surface area (TPSA) is 42.9 Å². The molecule has 0 aliphatic carbocycles. The highest BCUT2D eigenvalue weighted by atomic mass is 127. The number of hydrogen-bond donors (Lipinski definition) is 2. The molecular formula is C19H34IN5S. The third-order valence-electron chi connectivity index (χ3n) is 4.67. The van der Waals surface area contributed by atoms with Gasteiger partial charge >= 0.3 is 0 Å². The Kier molecular flexibility index (Phi) is 12.3. The summed E-state index contributed by atoms with van der Waals surface area (Å²) in [5, 5.41) is 6.87. The molecule has 0 spiro atoms. The van der Waals surface area contributed by atoms with Gasteiger partial charge < -0.3 is 15.5 Å². The third-order valence-corrected chi connectivity index (χ3v) is 5.69. The second-order valence-electron chi connectivity index (χ2n) is 6.36. The summed E-state index contributed by atoms with van der Waals surface area (Å²) >= 11 is 1.86. The average molecular weight is 491 g/mol. The van der Waals surface area contributed by atoms with Gasteiger partial charge in [-0.2, -0.15) is 0 Å². The molecule has 7 heteroatoms. The molecule has 1 aromatic rings. The van der Waals surface area contributed by atoms with Crippen LogP contribution in [0.3, 0.4) is 0 Å². The number of rotatable bonds is 8. The molecule has 26 heavy (non-hydrogen) atoms. The van der Waals surface area contributed by atoms with Crippen molar-refractivity contribution in [1.82, 2.24) is 20.4 Å². The molecule has 1 fully saturated rings. The number of guanidine groups is 1. The van der Waals surface area contributed by atoms with Gasteiger partial charge in [-0.25, -0.2) is 0 Å². The summed E-state index contributed by atoms with van der Waals surface area (Å²) in [5.41, 5.74) is 0. The predicted octanol–water partition coefficient (Wildman–Crippen LogP) is 2.59. The second-order valence-corrected chi connectivity index (χ2v) is 7.53. The molecule has 0 radical (unpaired) electrons. The summed E-state index contributed by atoms with van der Waals surface area (Å²) in [4.78, 5) is 10.7. The highest BCUT2D eigenvalue weighted by Gasteiger charge is 2.20. The first-order valence-corrected chi connectivity index (χ1v) is 10.3. The zero-order valence-electron chi connectivity index (χ0n) is 16.3. The number of likely N-dealkylation sites (N-methyl/N-ethyl adjacent to an activating group) is 1. The molecule has 1 aromatic carbocycles. The molecule has 1 aliphatic rings. The zero-order chi connectivity index (χ0) is 17.9. The molecule has 0 saturated carbocycles. The number of halogens is 1. The molecule has 148 valence electrons. The van der Waals surface area contributed by atoms with E-state index < -0.39 is 0 Å². The first kappa shape index (κ1) is 23.5. The van der Waals surface area contributed by atoms with Crippen LogP contribution in [0.4, 0.5) is 0 Å². The van der Waals surface area contributed by atoms with Crippen molar-refractivity contribution in [3.8, 4) is 0 Å². The molecule has 0 bridgehead atoms. The standard InChI is InChI=1S/C19H33N5S.HI/c1-4-23-11-13-24(14-12-23)17(2)16-22-19(20-3)21-10-15-25-18-8-6-5-7-9-18;/h5-9,17H,4,10-16H2,1-3H3,(H2,20,21,22);1H. The molecule has 1 heterocycles. The lowest BCUT2D eigenvalue weighted by atomic mass is 10.2. The molecule has 1 aliphatic heterocycles. The van der Waals surface area contributed by atoms with E-state index in [2.05, 4.69) is 69.6 Å². The number of piperazine rings is 1. The van der Waals surface area contributed by atoms with E-state index in [1.807, 2.05) is 18.8 Å². The normalized spacial score (nSPS) is 17.4. The summed E-state index contributed by atoms with van der Waals surface area (Å²) in [5.74, 6) is 1.92. The van der Waals surface area contributed by atoms with Gasteiger partial charge in [-0.3, -0.25) is 9.89 Å². The predicted molar refractivity (Wildman–Crippen MR) is 125 cm³/mol. The van der Waals surface area contributed by atoms with E-state index in [-0.39, 0.29) is 24.0 Å². The minimum absolute atomic E-state index is 0. The van der Waals surface area contributed by atoms with Gasteiger partial charge in [0.2, 0.25) is 0 Å². The molecule has 1 unspecified atom stereocenters. The fourth-order valence-corrected chi connectivity index (χ4v) is 3.76. The number of benzene rings is 1. The van der Waals surface area contributed by atoms with Crippen molar-refractivity contribution in [3.05, 3.63) is 30.3 Å². The smallest absolute Gasteiger partial charge is 0.191 e. The number of aliphatic imine (C=N–C) groups is 1. The van der Waals surface area contributed by atoms with Crippen molar-refractivity contribution >= 4 is 41.7 Å². The Morgan fingerprint density at radius 3 is 2.46 bits per heavy atom. The van der Waals surface area contributed by atoms with Crippen molar-refractivity contribution in [2.75, 3.05) is 58.6 Å². The Hall–Kier alpha value is -0.510. The molecule has 2 rings (SSSR count). The van der Waals surface area contributed by atoms with Crippen molar-refractivity contribution in [2.45, 2.75) is 24.8 Å². The molecule has 5 nitrogen and oxygen atoms in total. The van der Waals surface area contributed by atoms with E-state index in [0.717, 1.165) is 44.4 Å². The Morgan fingerprint density at radius 2 is 1.85 bits per heavy atom. The maximum absolute atomic E-state index is 4.33. The molecule has 2 N–H and O–H groups in total. The van der Waals surface area contributed by atoms with Crippen LogP contribution in [0.2, 0.25) is 0 Å². The van der Waals surface area contributed by atoms with Gasteiger partial charge in [0.15, 0.2) is 5.96 Å². The first-order chi connectivity index (χ1) is 12.2. The van der Waals surface area contributed by atoms with Crippen LogP contribution in [0.25, 0.3) is 0 Å². The largest absolute Gasteiger partial charge is 0.356 e. The van der Waals surface area contributed by atoms with Gasteiger partial charge in [0.1, 0.15) is 0 Å². The van der Waals surface area contributed by atoms with Crippen molar-refractivity contribution < 1.29 is 0 Å². The number of nitrogens with one attached hydrogen (secondary N) is 2. The van der Waals surface area contributed by atoms with Gasteiger partial charge in [0.05, 0.1) is 0 Å². The Bertz CT molecular complexity index is 506. The van der Waals surface area contributed by atoms with Crippen molar-refractivity contribution in [1.29, 1.82) is 0 Å². The third kappa shape index (κ3) is 8.45. The number of nitrogens with zero attached hydrogens (tertiary/aromatic N) is 3. The molecular weight excluding hydrogens is 457 g/mol. The Labute approximate surface area is 180 Å². The zero-order valence-corrected chi connectivity index (χ0v) is 19.4. The lowest BCUT2D eigenvalue weighted by molar-refractivity contribution is 0.107. The lowest BCUT2D eigenvalue weighted by Gasteiger charge is -2.37. The minimum atomic E-state index is 0. The van der Waals surface area contributed by atoms with Crippen LogP contribution in [0.5, 0.6) is 0 Å². The van der Waals surface area contributed by atoms with Crippen LogP contribution in [-0.4, -0.2) is 80.4 Å². The molecule has 1 atom stereocenters. The van der Waals surface area contributed by atoms with E-state index in [1.165, 1.54) is 18.0 Å². The van der Waals surface area contributed by atoms with Crippen molar-refractivity contribution in [2.24, 2.45) is 4.99 Å². The van der Waals surface area contributed by atoms with Crippen LogP contribution < -0.4 is 10.6 Å². The first-order valence-electron chi connectivity index (χ1n) is 9.31. The van der Waals surface area contributed by atoms with Gasteiger partial charge in [-0.15, -0.1) is 35.7 Å². The SMILES string of the molecule is CCN1CCN(C(C)CNC(=NC)NCCSc2ccccc2)CC1.I. The van der Waals surface area contributed by atoms with Crippen LogP contribution in [0.15, 0.2) is 40.2 Å². The quantitative estimate of drug-likeness (QED) is 0.193. The van der Waals surface area contributed by atoms with Crippen LogP contribution >= 0.6 is 35.7 Å². The van der Waals surface area contributed by atoms with Crippen LogP contribution in [0, 0.1) is 0 Å². The fraction of sp³-hybridized carbons (Fsp3) is 0.632. The summed E-state index contributed by atoms with van der Waals surface area (Å²) < 4.78 is 0. The van der Waals surface area contributed by atoms with E-state index in [9.17, 15) is 0 Å². The maximum Gasteiger partial charge on any atom is 0.191 e. The van der Waals surface area contributed by atoms with E-state index in [1.54, 1.807) is 0 Å². The maximum atomic E-state index is 4.33. The van der Waals surface area contributed by atoms with Gasteiger partial charge in [-0.05, 0) is 25.6 Å². The van der Waals surface area contributed by atoms with E-state index in [0.29, 0.717) is 6.04 Å². The fourth-order valence-electron chi connectivity index (χ4n) is 2.97. The van der Waals surface area contributed by atoms with Crippen LogP contribution in [0.1, 0.15) is 13.8 Å². The summed E-state index contributed by atoms with van der Waals surface area (Å²) in [6, 6.07) is 11.0. The summed E-state index contributed by atoms with van der Waals surface area (Å²) in [6.45, 7) is 12.2. The number of thioether (sulfide) groups is 1. The molecule has 0 amide bonds. The van der Waals surface area contributed by atoms with Gasteiger partial charge in [-0.1, -0.05) is 25.1 Å². The Morgan fingerprint density at radius 1 is 1.15 bits per heavy atom. The number of hydrogen-bond acceptors (Lipinski definition) is 4. The highest BCUT2D eigenvalue weighted by Crippen LogP contribution is 2.15.